The van der Waals surface area contributed by atoms with Crippen LogP contribution in [0.2, 0.25) is 0 Å². The van der Waals surface area contributed by atoms with E-state index in [1.54, 1.807) is 7.11 Å². The molecule has 0 bridgehead atoms. The number of carbonyl (C=O) groups excluding carboxylic acids is 1. The molecule has 0 saturated carbocycles. The zero-order chi connectivity index (χ0) is 33.9. The topological polar surface area (TPSA) is 72.5 Å². The van der Waals surface area contributed by atoms with Crippen molar-refractivity contribution in [3.63, 3.8) is 0 Å². The Balaban J connectivity index is 1.46. The number of rotatable bonds is 21. The average molecular weight is 661 g/mol. The Morgan fingerprint density at radius 3 is 1.35 bits per heavy atom. The largest absolute Gasteiger partial charge is 0.497 e. The molecule has 0 unspecified atom stereocenters. The maximum absolute atomic E-state index is 12.9. The van der Waals surface area contributed by atoms with Crippen LogP contribution in [-0.4, -0.2) is 44.4 Å². The summed E-state index contributed by atoms with van der Waals surface area (Å²) < 4.78 is 37.9. The second-order valence-corrected chi connectivity index (χ2v) is 11.6. The fourth-order valence-electron chi connectivity index (χ4n) is 5.33. The summed E-state index contributed by atoms with van der Waals surface area (Å²) in [6, 6.07) is 47.2. The van der Waals surface area contributed by atoms with Gasteiger partial charge in [-0.15, -0.1) is 0 Å². The van der Waals surface area contributed by atoms with Gasteiger partial charge in [-0.25, -0.2) is 0 Å². The molecular formula is C42H44O7. The lowest BCUT2D eigenvalue weighted by molar-refractivity contribution is -0.197. The van der Waals surface area contributed by atoms with E-state index in [0.29, 0.717) is 6.61 Å². The number of hydrogen-bond acceptors (Lipinski definition) is 7. The Morgan fingerprint density at radius 1 is 0.469 bits per heavy atom. The molecule has 7 heteroatoms. The van der Waals surface area contributed by atoms with Crippen molar-refractivity contribution in [2.24, 2.45) is 0 Å². The number of aldehydes is 1. The third kappa shape index (κ3) is 11.8. The van der Waals surface area contributed by atoms with Crippen LogP contribution >= 0.6 is 0 Å². The highest BCUT2D eigenvalue weighted by Gasteiger charge is 2.39. The summed E-state index contributed by atoms with van der Waals surface area (Å²) in [6.45, 7) is 1.57. The third-order valence-electron chi connectivity index (χ3n) is 8.02. The van der Waals surface area contributed by atoms with Crippen molar-refractivity contribution in [3.05, 3.63) is 173 Å². The van der Waals surface area contributed by atoms with E-state index in [0.717, 1.165) is 39.9 Å². The normalized spacial score (nSPS) is 13.7. The van der Waals surface area contributed by atoms with Crippen LogP contribution in [0, 0.1) is 0 Å². The Kier molecular flexibility index (Phi) is 14.6. The quantitative estimate of drug-likeness (QED) is 0.0746. The lowest BCUT2D eigenvalue weighted by Gasteiger charge is -2.36. The van der Waals surface area contributed by atoms with E-state index in [1.807, 2.05) is 146 Å². The van der Waals surface area contributed by atoms with E-state index in [4.69, 9.17) is 28.4 Å². The van der Waals surface area contributed by atoms with Crippen LogP contribution in [0.25, 0.3) is 0 Å². The van der Waals surface area contributed by atoms with Crippen molar-refractivity contribution >= 4 is 6.29 Å². The molecule has 0 amide bonds. The Bertz CT molecular complexity index is 1600. The molecule has 49 heavy (non-hydrogen) atoms. The average Bonchev–Trinajstić information content (AvgIpc) is 3.17. The van der Waals surface area contributed by atoms with Crippen LogP contribution in [0.15, 0.2) is 146 Å². The summed E-state index contributed by atoms with van der Waals surface area (Å²) >= 11 is 0. The minimum absolute atomic E-state index is 0.181. The van der Waals surface area contributed by atoms with Crippen LogP contribution in [0.4, 0.5) is 0 Å². The molecule has 0 fully saturated rings. The molecular weight excluding hydrogens is 616 g/mol. The van der Waals surface area contributed by atoms with Crippen molar-refractivity contribution in [2.45, 2.75) is 57.5 Å². The predicted molar refractivity (Wildman–Crippen MR) is 189 cm³/mol. The van der Waals surface area contributed by atoms with Crippen molar-refractivity contribution in [2.75, 3.05) is 13.7 Å². The van der Waals surface area contributed by atoms with Gasteiger partial charge in [-0.1, -0.05) is 133 Å². The first-order valence-corrected chi connectivity index (χ1v) is 16.5. The van der Waals surface area contributed by atoms with Gasteiger partial charge < -0.3 is 33.2 Å². The smallest absolute Gasteiger partial charge is 0.151 e. The van der Waals surface area contributed by atoms with Gasteiger partial charge in [-0.3, -0.25) is 0 Å². The SMILES string of the molecule is COc1ccc(CO[C@H](COCc2ccccc2)[C@H](OCc2ccccc2)[C@H](OCc2ccccc2)[C@H](C=O)OCc2ccccc2)cc1. The summed E-state index contributed by atoms with van der Waals surface area (Å²) in [7, 11) is 1.64. The maximum Gasteiger partial charge on any atom is 0.151 e. The lowest BCUT2D eigenvalue weighted by atomic mass is 10.0. The van der Waals surface area contributed by atoms with Gasteiger partial charge in [0.05, 0.1) is 46.8 Å². The number of hydrogen-bond donors (Lipinski definition) is 0. The van der Waals surface area contributed by atoms with E-state index in [2.05, 4.69) is 0 Å². The van der Waals surface area contributed by atoms with Crippen molar-refractivity contribution < 1.29 is 33.2 Å². The van der Waals surface area contributed by atoms with Gasteiger partial charge in [0.15, 0.2) is 6.29 Å². The zero-order valence-electron chi connectivity index (χ0n) is 27.8. The standard InChI is InChI=1S/C42H44O7/c1-44-38-24-22-37(23-25-38)29-47-40(32-45-27-33-14-6-2-7-15-33)42(49-31-36-20-12-5-13-21-36)41(48-30-35-18-10-4-11-19-35)39(26-43)46-28-34-16-8-3-9-17-34/h2-26,39-42H,27-32H2,1H3/t39-,40+,41+,42-/m0/s1. The van der Waals surface area contributed by atoms with Crippen LogP contribution in [0.1, 0.15) is 27.8 Å². The molecule has 0 spiro atoms. The molecule has 5 aromatic rings. The number of carbonyl (C=O) groups is 1. The lowest BCUT2D eigenvalue weighted by Crippen LogP contribution is -2.51. The molecule has 0 aliphatic rings. The molecule has 0 aliphatic carbocycles. The molecule has 0 saturated heterocycles. The minimum atomic E-state index is -0.967. The van der Waals surface area contributed by atoms with Crippen LogP contribution < -0.4 is 4.74 Å². The summed E-state index contributed by atoms with van der Waals surface area (Å²) in [4.78, 5) is 12.9. The molecule has 4 atom stereocenters. The zero-order valence-corrected chi connectivity index (χ0v) is 27.8. The van der Waals surface area contributed by atoms with Gasteiger partial charge in [0, 0.05) is 0 Å². The van der Waals surface area contributed by atoms with Gasteiger partial charge >= 0.3 is 0 Å². The van der Waals surface area contributed by atoms with Gasteiger partial charge in [-0.2, -0.15) is 0 Å². The van der Waals surface area contributed by atoms with Gasteiger partial charge in [0.25, 0.3) is 0 Å². The molecule has 0 heterocycles. The summed E-state index contributed by atoms with van der Waals surface area (Å²) in [5, 5.41) is 0. The Hall–Kier alpha value is -4.63. The summed E-state index contributed by atoms with van der Waals surface area (Å²) in [6.07, 6.45) is -2.41. The van der Waals surface area contributed by atoms with Gasteiger partial charge in [0.1, 0.15) is 30.2 Å². The molecule has 0 aliphatic heterocycles. The van der Waals surface area contributed by atoms with Crippen molar-refractivity contribution in [1.29, 1.82) is 0 Å². The second kappa shape index (κ2) is 20.0. The number of benzene rings is 5. The van der Waals surface area contributed by atoms with E-state index in [1.165, 1.54) is 0 Å². The number of methoxy groups -OCH3 is 1. The molecule has 254 valence electrons. The fourth-order valence-corrected chi connectivity index (χ4v) is 5.33. The van der Waals surface area contributed by atoms with E-state index >= 15 is 0 Å². The van der Waals surface area contributed by atoms with E-state index in [9.17, 15) is 4.79 Å². The van der Waals surface area contributed by atoms with Gasteiger partial charge in [-0.05, 0) is 39.9 Å². The summed E-state index contributed by atoms with van der Waals surface area (Å²) in [5.41, 5.74) is 4.85. The monoisotopic (exact) mass is 660 g/mol. The first-order valence-electron chi connectivity index (χ1n) is 16.5. The van der Waals surface area contributed by atoms with Crippen molar-refractivity contribution in [1.82, 2.24) is 0 Å². The highest BCUT2D eigenvalue weighted by Crippen LogP contribution is 2.24. The number of ether oxygens (including phenoxy) is 6. The molecule has 0 radical (unpaired) electrons. The Labute approximate surface area is 289 Å². The van der Waals surface area contributed by atoms with Crippen molar-refractivity contribution in [3.8, 4) is 5.75 Å². The molecule has 5 rings (SSSR count). The first kappa shape index (κ1) is 35.7. The maximum atomic E-state index is 12.9. The minimum Gasteiger partial charge on any atom is -0.497 e. The highest BCUT2D eigenvalue weighted by atomic mass is 16.6. The van der Waals surface area contributed by atoms with E-state index in [-0.39, 0.29) is 33.0 Å². The predicted octanol–water partition coefficient (Wildman–Crippen LogP) is 7.75. The van der Waals surface area contributed by atoms with Crippen LogP contribution in [0.5, 0.6) is 5.75 Å². The van der Waals surface area contributed by atoms with Crippen LogP contribution in [0.3, 0.4) is 0 Å². The summed E-state index contributed by atoms with van der Waals surface area (Å²) in [5.74, 6) is 0.759. The molecule has 0 N–H and O–H groups in total. The fraction of sp³-hybridized carbons (Fsp3) is 0.262. The molecule has 0 aromatic heterocycles. The van der Waals surface area contributed by atoms with E-state index < -0.39 is 24.4 Å². The van der Waals surface area contributed by atoms with Crippen LogP contribution in [-0.2, 0) is 61.5 Å². The molecule has 7 nitrogen and oxygen atoms in total. The second-order valence-electron chi connectivity index (χ2n) is 11.6. The Morgan fingerprint density at radius 2 is 0.878 bits per heavy atom. The molecule has 5 aromatic carbocycles. The van der Waals surface area contributed by atoms with Gasteiger partial charge in [0.2, 0.25) is 0 Å². The highest BCUT2D eigenvalue weighted by molar-refractivity contribution is 5.57. The third-order valence-corrected chi connectivity index (χ3v) is 8.02. The first-order chi connectivity index (χ1) is 24.2.